The van der Waals surface area contributed by atoms with Crippen LogP contribution in [0.5, 0.6) is 0 Å². The molecule has 4 rings (SSSR count). The Bertz CT molecular complexity index is 1110. The van der Waals surface area contributed by atoms with Crippen molar-refractivity contribution in [3.8, 4) is 17.3 Å². The fourth-order valence-corrected chi connectivity index (χ4v) is 3.14. The minimum absolute atomic E-state index is 0.0559. The molecule has 0 unspecified atom stereocenters. The average Bonchev–Trinajstić information content (AvgIpc) is 3.21. The van der Waals surface area contributed by atoms with Crippen LogP contribution in [0.3, 0.4) is 0 Å². The summed E-state index contributed by atoms with van der Waals surface area (Å²) in [7, 11) is 0. The second-order valence-electron chi connectivity index (χ2n) is 5.79. The lowest BCUT2D eigenvalue weighted by Crippen LogP contribution is -2.06. The molecule has 0 bridgehead atoms. The zero-order valence-electron chi connectivity index (χ0n) is 13.7. The number of rotatable bonds is 5. The number of benzene rings is 2. The number of carboxylic acid groups (broad SMARTS) is 1. The van der Waals surface area contributed by atoms with Crippen molar-refractivity contribution in [1.29, 1.82) is 0 Å². The largest absolute Gasteiger partial charge is 0.481 e. The molecule has 1 N–H and O–H groups in total. The van der Waals surface area contributed by atoms with Crippen molar-refractivity contribution in [2.75, 3.05) is 0 Å². The zero-order chi connectivity index (χ0) is 18.1. The maximum absolute atomic E-state index is 10.9. The van der Waals surface area contributed by atoms with Crippen molar-refractivity contribution in [2.45, 2.75) is 13.0 Å². The van der Waals surface area contributed by atoms with Crippen LogP contribution in [-0.2, 0) is 11.3 Å². The highest BCUT2D eigenvalue weighted by molar-refractivity contribution is 7.71. The van der Waals surface area contributed by atoms with Gasteiger partial charge in [-0.15, -0.1) is 5.10 Å². The third-order valence-corrected chi connectivity index (χ3v) is 4.43. The second-order valence-corrected chi connectivity index (χ2v) is 6.16. The third kappa shape index (κ3) is 2.93. The van der Waals surface area contributed by atoms with Crippen molar-refractivity contribution >= 4 is 29.2 Å². The van der Waals surface area contributed by atoms with Crippen LogP contribution in [0.25, 0.3) is 28.2 Å². The summed E-state index contributed by atoms with van der Waals surface area (Å²) in [6.07, 6.45) is -0.0559. The molecule has 4 aromatic rings. The van der Waals surface area contributed by atoms with Gasteiger partial charge in [0.1, 0.15) is 5.58 Å². The van der Waals surface area contributed by atoms with Gasteiger partial charge in [0.25, 0.3) is 0 Å². The molecule has 0 spiro atoms. The van der Waals surface area contributed by atoms with Crippen LogP contribution < -0.4 is 0 Å². The first-order chi connectivity index (χ1) is 12.6. The summed E-state index contributed by atoms with van der Waals surface area (Å²) in [6.45, 7) is 0.196. The first-order valence-electron chi connectivity index (χ1n) is 8.09. The molecule has 0 aliphatic rings. The number of carboxylic acids is 1. The zero-order valence-corrected chi connectivity index (χ0v) is 14.5. The quantitative estimate of drug-likeness (QED) is 0.534. The van der Waals surface area contributed by atoms with Crippen LogP contribution in [0.4, 0.5) is 0 Å². The number of aryl methyl sites for hydroxylation is 1. The molecule has 0 saturated carbocycles. The highest BCUT2D eigenvalue weighted by atomic mass is 32.1. The van der Waals surface area contributed by atoms with Gasteiger partial charge in [0.15, 0.2) is 5.76 Å². The van der Waals surface area contributed by atoms with Crippen LogP contribution in [0.2, 0.25) is 0 Å². The van der Waals surface area contributed by atoms with E-state index in [4.69, 9.17) is 21.7 Å². The number of carbonyl (C=O) groups is 1. The number of fused-ring (bicyclic) bond motifs is 1. The Balaban J connectivity index is 1.90. The molecule has 2 aromatic heterocycles. The van der Waals surface area contributed by atoms with Crippen LogP contribution in [0.1, 0.15) is 6.42 Å². The first kappa shape index (κ1) is 16.3. The van der Waals surface area contributed by atoms with Crippen molar-refractivity contribution in [2.24, 2.45) is 0 Å². The average molecular weight is 365 g/mol. The molecule has 6 nitrogen and oxygen atoms in total. The maximum Gasteiger partial charge on any atom is 0.305 e. The second kappa shape index (κ2) is 6.61. The van der Waals surface area contributed by atoms with Gasteiger partial charge in [0.2, 0.25) is 10.6 Å². The summed E-state index contributed by atoms with van der Waals surface area (Å²) >= 11 is 5.56. The Labute approximate surface area is 153 Å². The topological polar surface area (TPSA) is 73.2 Å². The summed E-state index contributed by atoms with van der Waals surface area (Å²) in [5.74, 6) is 0.226. The van der Waals surface area contributed by atoms with Gasteiger partial charge in [-0.05, 0) is 36.5 Å². The Morgan fingerprint density at radius 2 is 1.85 bits per heavy atom. The van der Waals surface area contributed by atoms with Gasteiger partial charge in [-0.25, -0.2) is 4.68 Å². The number of hydrogen-bond acceptors (Lipinski definition) is 4. The molecule has 7 heteroatoms. The number of para-hydroxylation sites is 2. The van der Waals surface area contributed by atoms with Crippen molar-refractivity contribution < 1.29 is 14.3 Å². The molecule has 0 radical (unpaired) electrons. The van der Waals surface area contributed by atoms with Gasteiger partial charge in [0, 0.05) is 5.39 Å². The standard InChI is InChI=1S/C19H15N3O3S/c23-17(24)10-11-21-19(26)22(14-7-2-1-3-8-14)18(20-21)16-12-13-6-4-5-9-15(13)25-16/h1-9,12H,10-11H2,(H,23,24). The van der Waals surface area contributed by atoms with E-state index in [9.17, 15) is 4.79 Å². The van der Waals surface area contributed by atoms with Crippen LogP contribution in [0.15, 0.2) is 65.1 Å². The lowest BCUT2D eigenvalue weighted by atomic mass is 10.2. The molecule has 0 atom stereocenters. The molecule has 26 heavy (non-hydrogen) atoms. The monoisotopic (exact) mass is 365 g/mol. The highest BCUT2D eigenvalue weighted by Crippen LogP contribution is 2.29. The predicted molar refractivity (Wildman–Crippen MR) is 99.8 cm³/mol. The highest BCUT2D eigenvalue weighted by Gasteiger charge is 2.18. The molecule has 0 fully saturated rings. The Kier molecular flexibility index (Phi) is 4.14. The summed E-state index contributed by atoms with van der Waals surface area (Å²) in [4.78, 5) is 10.9. The van der Waals surface area contributed by atoms with E-state index in [-0.39, 0.29) is 13.0 Å². The van der Waals surface area contributed by atoms with E-state index in [0.29, 0.717) is 16.4 Å². The molecule has 2 aromatic carbocycles. The van der Waals surface area contributed by atoms with E-state index < -0.39 is 5.97 Å². The third-order valence-electron chi connectivity index (χ3n) is 4.04. The normalized spacial score (nSPS) is 11.1. The predicted octanol–water partition coefficient (Wildman–Crippen LogP) is 4.29. The minimum Gasteiger partial charge on any atom is -0.481 e. The van der Waals surface area contributed by atoms with E-state index in [1.807, 2.05) is 60.7 Å². The van der Waals surface area contributed by atoms with Gasteiger partial charge in [-0.2, -0.15) is 0 Å². The van der Waals surface area contributed by atoms with E-state index in [1.54, 1.807) is 4.57 Å². The summed E-state index contributed by atoms with van der Waals surface area (Å²) in [6, 6.07) is 19.2. The Morgan fingerprint density at radius 1 is 1.12 bits per heavy atom. The number of nitrogens with zero attached hydrogens (tertiary/aromatic N) is 3. The summed E-state index contributed by atoms with van der Waals surface area (Å²) in [5.41, 5.74) is 1.60. The van der Waals surface area contributed by atoms with Crippen molar-refractivity contribution in [1.82, 2.24) is 14.3 Å². The van der Waals surface area contributed by atoms with E-state index in [1.165, 1.54) is 4.68 Å². The summed E-state index contributed by atoms with van der Waals surface area (Å²) < 4.78 is 9.70. The maximum atomic E-state index is 10.9. The molecule has 0 amide bonds. The Hall–Kier alpha value is -3.19. The first-order valence-corrected chi connectivity index (χ1v) is 8.50. The van der Waals surface area contributed by atoms with E-state index >= 15 is 0 Å². The van der Waals surface area contributed by atoms with E-state index in [0.717, 1.165) is 16.7 Å². The van der Waals surface area contributed by atoms with Crippen LogP contribution >= 0.6 is 12.2 Å². The number of hydrogen-bond donors (Lipinski definition) is 1. The van der Waals surface area contributed by atoms with Crippen molar-refractivity contribution in [3.05, 3.63) is 65.4 Å². The van der Waals surface area contributed by atoms with Crippen LogP contribution in [0, 0.1) is 4.77 Å². The molecule has 0 saturated heterocycles. The Morgan fingerprint density at radius 3 is 2.58 bits per heavy atom. The van der Waals surface area contributed by atoms with Gasteiger partial charge < -0.3 is 9.52 Å². The molecule has 0 aliphatic heterocycles. The van der Waals surface area contributed by atoms with Gasteiger partial charge in [-0.1, -0.05) is 36.4 Å². The fourth-order valence-electron chi connectivity index (χ4n) is 2.82. The molecule has 130 valence electrons. The molecular formula is C19H15N3O3S. The van der Waals surface area contributed by atoms with Gasteiger partial charge in [0.05, 0.1) is 18.7 Å². The van der Waals surface area contributed by atoms with Crippen molar-refractivity contribution in [3.63, 3.8) is 0 Å². The lowest BCUT2D eigenvalue weighted by molar-refractivity contribution is -0.137. The molecule has 2 heterocycles. The van der Waals surface area contributed by atoms with Crippen LogP contribution in [-0.4, -0.2) is 25.4 Å². The number of aliphatic carboxylic acids is 1. The smallest absolute Gasteiger partial charge is 0.305 e. The summed E-state index contributed by atoms with van der Waals surface area (Å²) in [5, 5.41) is 14.5. The molecular weight excluding hydrogens is 350 g/mol. The van der Waals surface area contributed by atoms with Gasteiger partial charge in [-0.3, -0.25) is 9.36 Å². The number of furan rings is 1. The fraction of sp³-hybridized carbons (Fsp3) is 0.105. The lowest BCUT2D eigenvalue weighted by Gasteiger charge is -2.04. The van der Waals surface area contributed by atoms with E-state index in [2.05, 4.69) is 5.10 Å². The SMILES string of the molecule is O=C(O)CCn1nc(-c2cc3ccccc3o2)n(-c2ccccc2)c1=S. The number of aromatic nitrogens is 3. The molecule has 0 aliphatic carbocycles. The van der Waals surface area contributed by atoms with Gasteiger partial charge >= 0.3 is 5.97 Å². The minimum atomic E-state index is -0.897.